The number of pyridine rings is 1. The fourth-order valence-electron chi connectivity index (χ4n) is 0.805. The lowest BCUT2D eigenvalue weighted by Crippen LogP contribution is -2.19. The van der Waals surface area contributed by atoms with Gasteiger partial charge in [-0.25, -0.2) is 4.98 Å². The molecule has 1 aromatic heterocycles. The zero-order valence-electron chi connectivity index (χ0n) is 7.97. The van der Waals surface area contributed by atoms with E-state index >= 15 is 0 Å². The molecule has 1 N–H and O–H groups in total. The molecule has 0 saturated heterocycles. The van der Waals surface area contributed by atoms with Crippen LogP contribution in [0.3, 0.4) is 0 Å². The predicted octanol–water partition coefficient (Wildman–Crippen LogP) is 1.88. The Morgan fingerprint density at radius 1 is 1.60 bits per heavy atom. The van der Waals surface area contributed by atoms with E-state index in [1.807, 2.05) is 0 Å². The van der Waals surface area contributed by atoms with Crippen molar-refractivity contribution in [2.75, 3.05) is 6.54 Å². The number of carbonyl (C=O) groups excluding carboxylic acids is 1. The molecule has 78 valence electrons. The fourth-order valence-corrected chi connectivity index (χ4v) is 1.07. The highest BCUT2D eigenvalue weighted by Gasteiger charge is 1.97. The van der Waals surface area contributed by atoms with Gasteiger partial charge in [-0.05, 0) is 6.07 Å². The molecule has 0 spiro atoms. The number of aromatic nitrogens is 1. The van der Waals surface area contributed by atoms with Crippen molar-refractivity contribution in [2.45, 2.75) is 6.92 Å². The third-order valence-corrected chi connectivity index (χ3v) is 2.14. The lowest BCUT2D eigenvalue weighted by atomic mass is 10.3. The molecule has 3 nitrogen and oxygen atoms in total. The number of carbonyl (C=O) groups is 1. The lowest BCUT2D eigenvalue weighted by molar-refractivity contribution is -0.118. The van der Waals surface area contributed by atoms with Gasteiger partial charge in [0.05, 0.1) is 11.6 Å². The Kier molecular flexibility index (Phi) is 4.41. The van der Waals surface area contributed by atoms with Gasteiger partial charge in [-0.3, -0.25) is 4.79 Å². The first-order chi connectivity index (χ1) is 7.09. The van der Waals surface area contributed by atoms with Crippen molar-refractivity contribution in [3.8, 4) is 11.8 Å². The van der Waals surface area contributed by atoms with Gasteiger partial charge < -0.3 is 5.32 Å². The Morgan fingerprint density at radius 3 is 2.93 bits per heavy atom. The monoisotopic (exact) mass is 242 g/mol. The van der Waals surface area contributed by atoms with Crippen molar-refractivity contribution in [3.63, 3.8) is 0 Å². The minimum atomic E-state index is -0.114. The molecule has 1 aromatic rings. The second kappa shape index (κ2) is 5.59. The van der Waals surface area contributed by atoms with Crippen LogP contribution in [0, 0.1) is 11.8 Å². The van der Waals surface area contributed by atoms with Crippen molar-refractivity contribution < 1.29 is 4.79 Å². The summed E-state index contributed by atoms with van der Waals surface area (Å²) >= 11 is 11.4. The SMILES string of the molecule is CC(=O)NCC#Cc1cnc(Cl)c(Cl)c1. The molecule has 0 fully saturated rings. The van der Waals surface area contributed by atoms with Crippen LogP contribution in [-0.4, -0.2) is 17.4 Å². The number of amides is 1. The summed E-state index contributed by atoms with van der Waals surface area (Å²) in [5.74, 6) is 5.44. The average molecular weight is 243 g/mol. The van der Waals surface area contributed by atoms with Crippen molar-refractivity contribution >= 4 is 29.1 Å². The summed E-state index contributed by atoms with van der Waals surface area (Å²) in [6.45, 7) is 1.73. The first-order valence-corrected chi connectivity index (χ1v) is 4.89. The summed E-state index contributed by atoms with van der Waals surface area (Å²) in [4.78, 5) is 14.4. The highest BCUT2D eigenvalue weighted by atomic mass is 35.5. The van der Waals surface area contributed by atoms with Crippen LogP contribution in [-0.2, 0) is 4.79 Å². The average Bonchev–Trinajstić information content (AvgIpc) is 2.18. The quantitative estimate of drug-likeness (QED) is 0.604. The van der Waals surface area contributed by atoms with E-state index in [4.69, 9.17) is 23.2 Å². The maximum Gasteiger partial charge on any atom is 0.217 e. The van der Waals surface area contributed by atoms with Crippen LogP contribution in [0.25, 0.3) is 0 Å². The van der Waals surface area contributed by atoms with Gasteiger partial charge in [-0.15, -0.1) is 0 Å². The molecule has 0 aromatic carbocycles. The molecule has 5 heteroatoms. The first kappa shape index (κ1) is 11.8. The van der Waals surface area contributed by atoms with Gasteiger partial charge in [0.25, 0.3) is 0 Å². The molecule has 15 heavy (non-hydrogen) atoms. The van der Waals surface area contributed by atoms with Crippen molar-refractivity contribution in [1.82, 2.24) is 10.3 Å². The number of rotatable bonds is 1. The highest BCUT2D eigenvalue weighted by molar-refractivity contribution is 6.41. The summed E-state index contributed by atoms with van der Waals surface area (Å²) in [7, 11) is 0. The second-order valence-corrected chi connectivity index (χ2v) is 3.47. The molecule has 1 heterocycles. The van der Waals surface area contributed by atoms with E-state index in [0.717, 1.165) is 0 Å². The number of nitrogens with one attached hydrogen (secondary N) is 1. The van der Waals surface area contributed by atoms with Gasteiger partial charge in [0.15, 0.2) is 0 Å². The second-order valence-electron chi connectivity index (χ2n) is 2.71. The fraction of sp³-hybridized carbons (Fsp3) is 0.200. The van der Waals surface area contributed by atoms with Crippen LogP contribution < -0.4 is 5.32 Å². The molecule has 0 atom stereocenters. The van der Waals surface area contributed by atoms with E-state index in [2.05, 4.69) is 22.1 Å². The minimum Gasteiger partial charge on any atom is -0.345 e. The largest absolute Gasteiger partial charge is 0.345 e. The summed E-state index contributed by atoms with van der Waals surface area (Å²) in [5.41, 5.74) is 0.662. The van der Waals surface area contributed by atoms with Gasteiger partial charge in [0.2, 0.25) is 5.91 Å². The summed E-state index contributed by atoms with van der Waals surface area (Å²) in [6, 6.07) is 1.62. The molecule has 0 saturated carbocycles. The lowest BCUT2D eigenvalue weighted by Gasteiger charge is -1.94. The smallest absolute Gasteiger partial charge is 0.217 e. The van der Waals surface area contributed by atoms with Crippen LogP contribution in [0.5, 0.6) is 0 Å². The van der Waals surface area contributed by atoms with E-state index in [1.165, 1.54) is 13.1 Å². The van der Waals surface area contributed by atoms with Crippen LogP contribution in [0.4, 0.5) is 0 Å². The first-order valence-electron chi connectivity index (χ1n) is 4.14. The Labute approximate surface area is 97.8 Å². The van der Waals surface area contributed by atoms with Crippen LogP contribution in [0.2, 0.25) is 10.2 Å². The van der Waals surface area contributed by atoms with Gasteiger partial charge in [0, 0.05) is 18.7 Å². The number of hydrogen-bond donors (Lipinski definition) is 1. The normalized spacial score (nSPS) is 9.00. The van der Waals surface area contributed by atoms with Crippen LogP contribution in [0.1, 0.15) is 12.5 Å². The van der Waals surface area contributed by atoms with E-state index in [1.54, 1.807) is 6.07 Å². The maximum absolute atomic E-state index is 10.5. The molecule has 0 bridgehead atoms. The predicted molar refractivity (Wildman–Crippen MR) is 59.8 cm³/mol. The van der Waals surface area contributed by atoms with Gasteiger partial charge >= 0.3 is 0 Å². The van der Waals surface area contributed by atoms with E-state index in [9.17, 15) is 4.79 Å². The number of hydrogen-bond acceptors (Lipinski definition) is 2. The molecular formula is C10H8Cl2N2O. The zero-order valence-corrected chi connectivity index (χ0v) is 9.49. The molecular weight excluding hydrogens is 235 g/mol. The van der Waals surface area contributed by atoms with Crippen molar-refractivity contribution in [1.29, 1.82) is 0 Å². The summed E-state index contributed by atoms with van der Waals surface area (Å²) < 4.78 is 0. The van der Waals surface area contributed by atoms with E-state index in [0.29, 0.717) is 17.1 Å². The number of nitrogens with zero attached hydrogens (tertiary/aromatic N) is 1. The van der Waals surface area contributed by atoms with Gasteiger partial charge in [0.1, 0.15) is 5.15 Å². The van der Waals surface area contributed by atoms with Gasteiger partial charge in [-0.2, -0.15) is 0 Å². The summed E-state index contributed by atoms with van der Waals surface area (Å²) in [6.07, 6.45) is 1.52. The standard InChI is InChI=1S/C10H8Cl2N2O/c1-7(15)13-4-2-3-8-5-9(11)10(12)14-6-8/h5-6H,4H2,1H3,(H,13,15). The van der Waals surface area contributed by atoms with E-state index < -0.39 is 0 Å². The number of halogens is 2. The Bertz CT molecular complexity index is 435. The minimum absolute atomic E-state index is 0.114. The maximum atomic E-state index is 10.5. The van der Waals surface area contributed by atoms with Crippen molar-refractivity contribution in [3.05, 3.63) is 28.0 Å². The van der Waals surface area contributed by atoms with Crippen molar-refractivity contribution in [2.24, 2.45) is 0 Å². The Morgan fingerprint density at radius 2 is 2.33 bits per heavy atom. The molecule has 1 amide bonds. The van der Waals surface area contributed by atoms with Gasteiger partial charge in [-0.1, -0.05) is 35.0 Å². The van der Waals surface area contributed by atoms with Crippen LogP contribution in [0.15, 0.2) is 12.3 Å². The zero-order chi connectivity index (χ0) is 11.3. The molecule has 0 aliphatic rings. The molecule has 0 unspecified atom stereocenters. The topological polar surface area (TPSA) is 42.0 Å². The molecule has 0 radical (unpaired) electrons. The van der Waals surface area contributed by atoms with E-state index in [-0.39, 0.29) is 11.1 Å². The molecule has 1 rings (SSSR count). The third kappa shape index (κ3) is 4.20. The van der Waals surface area contributed by atoms with Crippen LogP contribution >= 0.6 is 23.2 Å². The Hall–Kier alpha value is -1.24. The summed E-state index contributed by atoms with van der Waals surface area (Å²) in [5, 5.41) is 3.17. The Balaban J connectivity index is 2.64. The highest BCUT2D eigenvalue weighted by Crippen LogP contribution is 2.18. The molecule has 0 aliphatic heterocycles. The molecule has 0 aliphatic carbocycles. The third-order valence-electron chi connectivity index (χ3n) is 1.45.